The van der Waals surface area contributed by atoms with Crippen molar-refractivity contribution in [2.75, 3.05) is 25.0 Å². The van der Waals surface area contributed by atoms with Gasteiger partial charge < -0.3 is 24.8 Å². The maximum absolute atomic E-state index is 13.6. The molecule has 1 aromatic carbocycles. The molecule has 2 aliphatic heterocycles. The summed E-state index contributed by atoms with van der Waals surface area (Å²) in [7, 11) is 0. The number of aromatic nitrogens is 2. The lowest BCUT2D eigenvalue weighted by Gasteiger charge is -2.39. The minimum atomic E-state index is -0.212. The summed E-state index contributed by atoms with van der Waals surface area (Å²) in [5, 5.41) is 2.72. The molecule has 2 N–H and O–H groups in total. The Balaban J connectivity index is 1.51. The summed E-state index contributed by atoms with van der Waals surface area (Å²) in [5.41, 5.74) is 4.91. The highest BCUT2D eigenvalue weighted by molar-refractivity contribution is 6.04. The van der Waals surface area contributed by atoms with Gasteiger partial charge in [0.1, 0.15) is 5.82 Å². The van der Waals surface area contributed by atoms with E-state index in [-0.39, 0.29) is 36.5 Å². The average molecular weight is 502 g/mol. The minimum Gasteiger partial charge on any atom is -0.372 e. The van der Waals surface area contributed by atoms with Crippen LogP contribution in [0.15, 0.2) is 48.7 Å². The number of anilines is 1. The highest BCUT2D eigenvalue weighted by Gasteiger charge is 2.36. The van der Waals surface area contributed by atoms with Crippen molar-refractivity contribution in [2.45, 2.75) is 45.9 Å². The number of aromatic amines is 1. The summed E-state index contributed by atoms with van der Waals surface area (Å²) in [4.78, 5) is 49.6. The van der Waals surface area contributed by atoms with E-state index in [4.69, 9.17) is 4.74 Å². The number of pyridine rings is 1. The first-order chi connectivity index (χ1) is 17.8. The first kappa shape index (κ1) is 24.7. The lowest BCUT2D eigenvalue weighted by atomic mass is 9.93. The number of amides is 3. The van der Waals surface area contributed by atoms with E-state index in [1.54, 1.807) is 22.1 Å². The Hall–Kier alpha value is -3.98. The smallest absolute Gasteiger partial charge is 0.320 e. The number of H-pyrrole nitrogens is 1. The molecule has 2 atom stereocenters. The van der Waals surface area contributed by atoms with Gasteiger partial charge in [-0.3, -0.25) is 9.59 Å². The van der Waals surface area contributed by atoms with Crippen LogP contribution in [0.4, 0.5) is 10.6 Å². The van der Waals surface area contributed by atoms with Crippen molar-refractivity contribution in [1.29, 1.82) is 0 Å². The summed E-state index contributed by atoms with van der Waals surface area (Å²) in [6, 6.07) is 13.5. The average Bonchev–Trinajstić information content (AvgIpc) is 3.22. The molecule has 5 rings (SSSR count). The number of ketones is 1. The number of urea groups is 1. The summed E-state index contributed by atoms with van der Waals surface area (Å²) in [5.74, 6) is 0.131. The van der Waals surface area contributed by atoms with Gasteiger partial charge >= 0.3 is 6.03 Å². The Labute approximate surface area is 215 Å². The second kappa shape index (κ2) is 10.2. The maximum atomic E-state index is 13.6. The number of Topliss-reactive ketones (excluding diaryl/α,β-unsaturated/α-hetero) is 1. The number of morpholine rings is 1. The Morgan fingerprint density at radius 2 is 1.81 bits per heavy atom. The lowest BCUT2D eigenvalue weighted by Crippen LogP contribution is -2.54. The van der Waals surface area contributed by atoms with Crippen molar-refractivity contribution < 1.29 is 19.1 Å². The number of hydrogen-bond acceptors (Lipinski definition) is 5. The van der Waals surface area contributed by atoms with Crippen LogP contribution in [0, 0.1) is 0 Å². The number of nitrogens with one attached hydrogen (secondary N) is 2. The van der Waals surface area contributed by atoms with Crippen molar-refractivity contribution in [1.82, 2.24) is 19.8 Å². The number of ether oxygens (including phenoxy) is 1. The predicted octanol–water partition coefficient (Wildman–Crippen LogP) is 3.85. The van der Waals surface area contributed by atoms with E-state index >= 15 is 0 Å². The molecule has 0 aliphatic carbocycles. The summed E-state index contributed by atoms with van der Waals surface area (Å²) in [6.45, 7) is 6.67. The van der Waals surface area contributed by atoms with E-state index in [0.717, 1.165) is 28.1 Å². The fraction of sp³-hybridized carbons (Fsp3) is 0.357. The lowest BCUT2D eigenvalue weighted by molar-refractivity contribution is -0.114. The van der Waals surface area contributed by atoms with Crippen LogP contribution < -0.4 is 5.32 Å². The van der Waals surface area contributed by atoms with Crippen LogP contribution in [0.1, 0.15) is 48.0 Å². The normalized spacial score (nSPS) is 19.5. The van der Waals surface area contributed by atoms with Crippen LogP contribution in [-0.4, -0.2) is 69.3 Å². The second-order valence-corrected chi connectivity index (χ2v) is 9.83. The largest absolute Gasteiger partial charge is 0.372 e. The topological polar surface area (TPSA) is 108 Å². The van der Waals surface area contributed by atoms with E-state index in [0.29, 0.717) is 37.4 Å². The standard InChI is InChI=1S/C28H31N5O4/c1-17-13-32(14-18(2)37-17)28(36)33-15-23-26(24(35)16-33)22(11-20-7-5-4-6-8-20)27(31-23)21-9-10-29-25(12-21)30-19(3)34/h4-10,12,17-18,31H,11,13-16H2,1-3H3,(H,29,30,34)/t17-,18+. The Morgan fingerprint density at radius 3 is 2.51 bits per heavy atom. The van der Waals surface area contributed by atoms with Crippen LogP contribution in [0.3, 0.4) is 0 Å². The van der Waals surface area contributed by atoms with Gasteiger partial charge in [-0.2, -0.15) is 0 Å². The Kier molecular flexibility index (Phi) is 6.80. The quantitative estimate of drug-likeness (QED) is 0.565. The van der Waals surface area contributed by atoms with E-state index in [1.807, 2.05) is 50.2 Å². The number of carbonyl (C=O) groups is 3. The van der Waals surface area contributed by atoms with E-state index in [2.05, 4.69) is 15.3 Å². The van der Waals surface area contributed by atoms with Gasteiger partial charge in [-0.05, 0) is 37.1 Å². The molecule has 3 amide bonds. The molecule has 0 bridgehead atoms. The molecule has 0 spiro atoms. The highest BCUT2D eigenvalue weighted by atomic mass is 16.5. The monoisotopic (exact) mass is 501 g/mol. The first-order valence-corrected chi connectivity index (χ1v) is 12.5. The zero-order valence-corrected chi connectivity index (χ0v) is 21.3. The van der Waals surface area contributed by atoms with Crippen LogP contribution in [-0.2, 0) is 22.5 Å². The van der Waals surface area contributed by atoms with Crippen molar-refractivity contribution in [3.63, 3.8) is 0 Å². The number of carbonyl (C=O) groups excluding carboxylic acids is 3. The van der Waals surface area contributed by atoms with Crippen LogP contribution in [0.5, 0.6) is 0 Å². The molecule has 1 saturated heterocycles. The molecular formula is C28H31N5O4. The molecule has 3 aromatic rings. The van der Waals surface area contributed by atoms with Crippen molar-refractivity contribution in [3.8, 4) is 11.3 Å². The Bertz CT molecular complexity index is 1330. The molecule has 9 nitrogen and oxygen atoms in total. The van der Waals surface area contributed by atoms with E-state index in [9.17, 15) is 14.4 Å². The van der Waals surface area contributed by atoms with Crippen molar-refractivity contribution in [2.24, 2.45) is 0 Å². The second-order valence-electron chi connectivity index (χ2n) is 9.83. The van der Waals surface area contributed by atoms with E-state index in [1.165, 1.54) is 6.92 Å². The van der Waals surface area contributed by atoms with Crippen molar-refractivity contribution >= 4 is 23.5 Å². The van der Waals surface area contributed by atoms with Gasteiger partial charge in [0.05, 0.1) is 31.0 Å². The Morgan fingerprint density at radius 1 is 1.08 bits per heavy atom. The predicted molar refractivity (Wildman–Crippen MR) is 139 cm³/mol. The van der Waals surface area contributed by atoms with Gasteiger partial charge in [0.15, 0.2) is 5.78 Å². The first-order valence-electron chi connectivity index (χ1n) is 12.5. The van der Waals surface area contributed by atoms with Gasteiger partial charge in [-0.1, -0.05) is 30.3 Å². The molecule has 0 saturated carbocycles. The van der Waals surface area contributed by atoms with Gasteiger partial charge in [0, 0.05) is 49.5 Å². The fourth-order valence-electron chi connectivity index (χ4n) is 5.28. The minimum absolute atomic E-state index is 0.0263. The molecule has 2 aliphatic rings. The highest BCUT2D eigenvalue weighted by Crippen LogP contribution is 2.34. The molecular weight excluding hydrogens is 470 g/mol. The molecule has 192 valence electrons. The van der Waals surface area contributed by atoms with Crippen molar-refractivity contribution in [3.05, 3.63) is 71.0 Å². The summed E-state index contributed by atoms with van der Waals surface area (Å²) in [6.07, 6.45) is 2.08. The molecule has 0 radical (unpaired) electrons. The number of rotatable bonds is 4. The molecule has 4 heterocycles. The molecule has 37 heavy (non-hydrogen) atoms. The summed E-state index contributed by atoms with van der Waals surface area (Å²) < 4.78 is 5.77. The third kappa shape index (κ3) is 5.27. The van der Waals surface area contributed by atoms with Gasteiger partial charge in [0.2, 0.25) is 5.91 Å². The number of nitrogens with zero attached hydrogens (tertiary/aromatic N) is 3. The zero-order chi connectivity index (χ0) is 26.1. The third-order valence-electron chi connectivity index (χ3n) is 6.68. The fourth-order valence-corrected chi connectivity index (χ4v) is 5.28. The van der Waals surface area contributed by atoms with Gasteiger partial charge in [-0.25, -0.2) is 9.78 Å². The molecule has 2 aromatic heterocycles. The SMILES string of the molecule is CC(=O)Nc1cc(-c2[nH]c3c(c2Cc2ccccc2)C(=O)CN(C(=O)N2C[C@@H](C)O[C@@H](C)C2)C3)ccn1. The van der Waals surface area contributed by atoms with Gasteiger partial charge in [-0.15, -0.1) is 0 Å². The van der Waals surface area contributed by atoms with Crippen LogP contribution in [0.2, 0.25) is 0 Å². The maximum Gasteiger partial charge on any atom is 0.320 e. The molecule has 0 unspecified atom stereocenters. The van der Waals surface area contributed by atoms with Gasteiger partial charge in [0.25, 0.3) is 0 Å². The third-order valence-corrected chi connectivity index (χ3v) is 6.68. The zero-order valence-electron chi connectivity index (χ0n) is 21.3. The number of benzene rings is 1. The summed E-state index contributed by atoms with van der Waals surface area (Å²) >= 11 is 0. The number of hydrogen-bond donors (Lipinski definition) is 2. The molecule has 9 heteroatoms. The van der Waals surface area contributed by atoms with Crippen LogP contribution >= 0.6 is 0 Å². The van der Waals surface area contributed by atoms with Crippen LogP contribution in [0.25, 0.3) is 11.3 Å². The van der Waals surface area contributed by atoms with E-state index < -0.39 is 0 Å². The number of fused-ring (bicyclic) bond motifs is 1. The molecule has 1 fully saturated rings.